The summed E-state index contributed by atoms with van der Waals surface area (Å²) in [6, 6.07) is 11.2. The number of amides is 1. The van der Waals surface area contributed by atoms with Gasteiger partial charge < -0.3 is 14.5 Å². The SMILES string of the molecule is CCOC(=O)/C=c1\s/c(=C\c2ccc(C)cc2)c(=O)n1CC(=O)NCc1ccco1. The number of nitrogens with zero attached hydrogens (tertiary/aromatic N) is 1. The molecular weight excluding hydrogens is 404 g/mol. The summed E-state index contributed by atoms with van der Waals surface area (Å²) >= 11 is 1.14. The third-order valence-corrected chi connectivity index (χ3v) is 5.24. The molecule has 0 aliphatic carbocycles. The number of rotatable bonds is 7. The van der Waals surface area contributed by atoms with Gasteiger partial charge in [-0.2, -0.15) is 0 Å². The third kappa shape index (κ3) is 5.57. The minimum Gasteiger partial charge on any atom is -0.467 e. The van der Waals surface area contributed by atoms with Gasteiger partial charge in [-0.05, 0) is 37.6 Å². The van der Waals surface area contributed by atoms with Crippen molar-refractivity contribution in [1.82, 2.24) is 9.88 Å². The van der Waals surface area contributed by atoms with E-state index in [2.05, 4.69) is 5.32 Å². The lowest BCUT2D eigenvalue weighted by Gasteiger charge is -2.04. The fourth-order valence-corrected chi connectivity index (χ4v) is 3.72. The molecule has 0 radical (unpaired) electrons. The van der Waals surface area contributed by atoms with E-state index >= 15 is 0 Å². The Morgan fingerprint density at radius 1 is 1.23 bits per heavy atom. The number of thiazole rings is 1. The first-order valence-electron chi connectivity index (χ1n) is 9.42. The molecule has 0 bridgehead atoms. The lowest BCUT2D eigenvalue weighted by Crippen LogP contribution is -2.38. The highest BCUT2D eigenvalue weighted by Crippen LogP contribution is 2.03. The van der Waals surface area contributed by atoms with Crippen molar-refractivity contribution in [2.45, 2.75) is 26.9 Å². The molecule has 1 amide bonds. The Kier molecular flexibility index (Phi) is 7.03. The van der Waals surface area contributed by atoms with Crippen molar-refractivity contribution in [1.29, 1.82) is 0 Å². The molecule has 156 valence electrons. The van der Waals surface area contributed by atoms with E-state index in [1.165, 1.54) is 16.9 Å². The highest BCUT2D eigenvalue weighted by Gasteiger charge is 2.11. The maximum atomic E-state index is 12.9. The smallest absolute Gasteiger partial charge is 0.333 e. The molecule has 0 spiro atoms. The number of hydrogen-bond donors (Lipinski definition) is 1. The van der Waals surface area contributed by atoms with E-state index in [0.29, 0.717) is 15.0 Å². The average molecular weight is 426 g/mol. The maximum absolute atomic E-state index is 12.9. The number of aromatic nitrogens is 1. The van der Waals surface area contributed by atoms with Gasteiger partial charge in [0.05, 0.1) is 30.0 Å². The molecule has 3 aromatic rings. The minimum atomic E-state index is -0.564. The van der Waals surface area contributed by atoms with Gasteiger partial charge in [0.2, 0.25) is 5.91 Å². The minimum absolute atomic E-state index is 0.212. The normalized spacial score (nSPS) is 12.2. The first kappa shape index (κ1) is 21.3. The molecule has 3 rings (SSSR count). The summed E-state index contributed by atoms with van der Waals surface area (Å²) in [5, 5.41) is 2.70. The van der Waals surface area contributed by atoms with Crippen LogP contribution in [-0.2, 0) is 27.4 Å². The number of carbonyl (C=O) groups excluding carboxylic acids is 2. The number of aryl methyl sites for hydroxylation is 1. The molecule has 1 N–H and O–H groups in total. The van der Waals surface area contributed by atoms with E-state index in [1.54, 1.807) is 25.1 Å². The molecule has 1 aromatic carbocycles. The van der Waals surface area contributed by atoms with E-state index in [0.717, 1.165) is 22.5 Å². The summed E-state index contributed by atoms with van der Waals surface area (Å²) in [6.07, 6.45) is 4.50. The highest BCUT2D eigenvalue weighted by molar-refractivity contribution is 7.07. The van der Waals surface area contributed by atoms with Crippen molar-refractivity contribution < 1.29 is 18.7 Å². The fourth-order valence-electron chi connectivity index (χ4n) is 2.69. The molecule has 0 aliphatic heterocycles. The van der Waals surface area contributed by atoms with Gasteiger partial charge in [0.25, 0.3) is 5.56 Å². The Morgan fingerprint density at radius 3 is 2.67 bits per heavy atom. The summed E-state index contributed by atoms with van der Waals surface area (Å²) in [7, 11) is 0. The van der Waals surface area contributed by atoms with Crippen molar-refractivity contribution >= 4 is 35.4 Å². The van der Waals surface area contributed by atoms with Gasteiger partial charge in [0.15, 0.2) is 0 Å². The molecular formula is C22H22N2O5S. The number of nitrogens with one attached hydrogen (secondary N) is 1. The largest absolute Gasteiger partial charge is 0.467 e. The molecule has 8 heteroatoms. The highest BCUT2D eigenvalue weighted by atomic mass is 32.1. The number of carbonyl (C=O) groups is 2. The molecule has 0 fully saturated rings. The Bertz CT molecular complexity index is 1190. The number of hydrogen-bond acceptors (Lipinski definition) is 6. The van der Waals surface area contributed by atoms with E-state index in [1.807, 2.05) is 31.2 Å². The van der Waals surface area contributed by atoms with Crippen molar-refractivity contribution in [2.24, 2.45) is 0 Å². The van der Waals surface area contributed by atoms with Crippen molar-refractivity contribution in [3.05, 3.63) is 79.1 Å². The third-order valence-electron chi connectivity index (χ3n) is 4.18. The van der Waals surface area contributed by atoms with Crippen LogP contribution in [0.25, 0.3) is 12.2 Å². The van der Waals surface area contributed by atoms with Crippen LogP contribution in [0.15, 0.2) is 51.9 Å². The van der Waals surface area contributed by atoms with Crippen molar-refractivity contribution in [3.8, 4) is 0 Å². The standard InChI is InChI=1S/C22H22N2O5S/c1-3-28-21(26)12-20-24(14-19(25)23-13-17-5-4-10-29-17)22(27)18(30-20)11-16-8-6-15(2)7-9-16/h4-12H,3,13-14H2,1-2H3,(H,23,25)/b18-11-,20-12-. The van der Waals surface area contributed by atoms with Gasteiger partial charge in [-0.3, -0.25) is 14.2 Å². The Balaban J connectivity index is 1.93. The maximum Gasteiger partial charge on any atom is 0.333 e. The van der Waals surface area contributed by atoms with Gasteiger partial charge in [0.1, 0.15) is 17.0 Å². The average Bonchev–Trinajstić information content (AvgIpc) is 3.33. The van der Waals surface area contributed by atoms with E-state index < -0.39 is 5.97 Å². The van der Waals surface area contributed by atoms with Crippen molar-refractivity contribution in [2.75, 3.05) is 6.61 Å². The fraction of sp³-hybridized carbons (Fsp3) is 0.227. The number of esters is 1. The van der Waals surface area contributed by atoms with Crippen LogP contribution in [0.1, 0.15) is 23.8 Å². The number of benzene rings is 1. The molecule has 0 saturated carbocycles. The van der Waals surface area contributed by atoms with Crippen LogP contribution in [0.4, 0.5) is 0 Å². The number of furan rings is 1. The van der Waals surface area contributed by atoms with Gasteiger partial charge in [-0.25, -0.2) is 4.79 Å². The summed E-state index contributed by atoms with van der Waals surface area (Å²) in [4.78, 5) is 37.3. The Labute approximate surface area is 176 Å². The molecule has 0 saturated heterocycles. The molecule has 0 aliphatic rings. The van der Waals surface area contributed by atoms with Crippen LogP contribution in [-0.4, -0.2) is 23.1 Å². The second kappa shape index (κ2) is 9.89. The topological polar surface area (TPSA) is 90.5 Å². The Morgan fingerprint density at radius 2 is 2.00 bits per heavy atom. The van der Waals surface area contributed by atoms with E-state index in [-0.39, 0.29) is 31.2 Å². The summed E-state index contributed by atoms with van der Waals surface area (Å²) in [5.74, 6) is -0.329. The van der Waals surface area contributed by atoms with Crippen LogP contribution in [0.2, 0.25) is 0 Å². The predicted molar refractivity (Wildman–Crippen MR) is 114 cm³/mol. The van der Waals surface area contributed by atoms with Crippen molar-refractivity contribution in [3.63, 3.8) is 0 Å². The van der Waals surface area contributed by atoms with Crippen LogP contribution < -0.4 is 20.1 Å². The van der Waals surface area contributed by atoms with E-state index in [9.17, 15) is 14.4 Å². The predicted octanol–water partition coefficient (Wildman–Crippen LogP) is 1.30. The first-order valence-corrected chi connectivity index (χ1v) is 10.2. The molecule has 0 atom stereocenters. The zero-order chi connectivity index (χ0) is 21.5. The van der Waals surface area contributed by atoms with Crippen LogP contribution in [0.5, 0.6) is 0 Å². The first-order chi connectivity index (χ1) is 14.5. The zero-order valence-corrected chi connectivity index (χ0v) is 17.5. The van der Waals surface area contributed by atoms with E-state index in [4.69, 9.17) is 9.15 Å². The van der Waals surface area contributed by atoms with Crippen LogP contribution >= 0.6 is 11.3 Å². The molecule has 0 unspecified atom stereocenters. The van der Waals surface area contributed by atoms with Gasteiger partial charge in [0, 0.05) is 0 Å². The van der Waals surface area contributed by atoms with Crippen LogP contribution in [0.3, 0.4) is 0 Å². The molecule has 2 aromatic heterocycles. The molecule has 2 heterocycles. The molecule has 7 nitrogen and oxygen atoms in total. The monoisotopic (exact) mass is 426 g/mol. The lowest BCUT2D eigenvalue weighted by molar-refractivity contribution is -0.135. The second-order valence-corrected chi connectivity index (χ2v) is 7.57. The zero-order valence-electron chi connectivity index (χ0n) is 16.7. The quantitative estimate of drug-likeness (QED) is 0.575. The number of ether oxygens (including phenoxy) is 1. The summed E-state index contributed by atoms with van der Waals surface area (Å²) < 4.78 is 12.2. The summed E-state index contributed by atoms with van der Waals surface area (Å²) in [5.41, 5.74) is 1.63. The van der Waals surface area contributed by atoms with Crippen LogP contribution in [0, 0.1) is 6.92 Å². The Hall–Kier alpha value is -3.39. The second-order valence-electron chi connectivity index (χ2n) is 6.50. The van der Waals surface area contributed by atoms with Gasteiger partial charge in [-0.15, -0.1) is 11.3 Å². The lowest BCUT2D eigenvalue weighted by atomic mass is 10.1. The summed E-state index contributed by atoms with van der Waals surface area (Å²) in [6.45, 7) is 3.89. The van der Waals surface area contributed by atoms with Gasteiger partial charge >= 0.3 is 5.97 Å². The van der Waals surface area contributed by atoms with Gasteiger partial charge in [-0.1, -0.05) is 29.8 Å². The molecule has 30 heavy (non-hydrogen) atoms.